The summed E-state index contributed by atoms with van der Waals surface area (Å²) in [5.74, 6) is 1.51. The first kappa shape index (κ1) is 22.8. The third-order valence-electron chi connectivity index (χ3n) is 7.36. The van der Waals surface area contributed by atoms with E-state index in [1.165, 1.54) is 32.1 Å². The normalized spacial score (nSPS) is 21.0. The van der Waals surface area contributed by atoms with Gasteiger partial charge in [-0.25, -0.2) is 0 Å². The van der Waals surface area contributed by atoms with Gasteiger partial charge in [-0.3, -0.25) is 9.59 Å². The fourth-order valence-corrected chi connectivity index (χ4v) is 6.72. The molecule has 3 heterocycles. The Kier molecular flexibility index (Phi) is 7.26. The molecule has 2 saturated heterocycles. The van der Waals surface area contributed by atoms with E-state index in [0.717, 1.165) is 22.3 Å². The zero-order chi connectivity index (χ0) is 22.6. The van der Waals surface area contributed by atoms with Crippen LogP contribution < -0.4 is 0 Å². The van der Waals surface area contributed by atoms with Gasteiger partial charge in [-0.15, -0.1) is 0 Å². The molecule has 0 radical (unpaired) electrons. The lowest BCUT2D eigenvalue weighted by Crippen LogP contribution is -2.47. The number of rotatable bonds is 5. The molecule has 0 bridgehead atoms. The standard InChI is InChI=1S/C26H34N2O4S/c29-25(28-14-16-31-17-15-28)19-10-12-27(13-11-19)26(30)24-22(18-33-20-6-2-1-3-7-20)21-8-4-5-9-23(21)32-24/h4-5,8-9,19-20H,1-3,6-7,10-18H2. The molecule has 3 fully saturated rings. The van der Waals surface area contributed by atoms with Gasteiger partial charge in [0.25, 0.3) is 5.91 Å². The second-order valence-electron chi connectivity index (χ2n) is 9.48. The molecule has 1 aromatic heterocycles. The minimum absolute atomic E-state index is 0.00384. The van der Waals surface area contributed by atoms with E-state index in [4.69, 9.17) is 9.15 Å². The van der Waals surface area contributed by atoms with Crippen molar-refractivity contribution in [3.05, 3.63) is 35.6 Å². The van der Waals surface area contributed by atoms with Crippen LogP contribution in [0.1, 0.15) is 61.1 Å². The smallest absolute Gasteiger partial charge is 0.289 e. The lowest BCUT2D eigenvalue weighted by Gasteiger charge is -2.35. The number of carbonyl (C=O) groups excluding carboxylic acids is 2. The average molecular weight is 471 g/mol. The molecule has 1 aromatic carbocycles. The molecular formula is C26H34N2O4S. The molecule has 3 aliphatic rings. The highest BCUT2D eigenvalue weighted by atomic mass is 32.2. The number of fused-ring (bicyclic) bond motifs is 1. The Labute approximate surface area is 200 Å². The van der Waals surface area contributed by atoms with Crippen LogP contribution in [0.3, 0.4) is 0 Å². The lowest BCUT2D eigenvalue weighted by molar-refractivity contribution is -0.141. The van der Waals surface area contributed by atoms with E-state index in [1.54, 1.807) is 0 Å². The van der Waals surface area contributed by atoms with Crippen molar-refractivity contribution in [1.29, 1.82) is 0 Å². The summed E-state index contributed by atoms with van der Waals surface area (Å²) < 4.78 is 11.5. The zero-order valence-corrected chi connectivity index (χ0v) is 20.1. The Hall–Kier alpha value is -1.99. The Morgan fingerprint density at radius 3 is 2.39 bits per heavy atom. The van der Waals surface area contributed by atoms with E-state index in [2.05, 4.69) is 6.07 Å². The fourth-order valence-electron chi connectivity index (χ4n) is 5.36. The number of hydrogen-bond acceptors (Lipinski definition) is 5. The number of benzene rings is 1. The van der Waals surface area contributed by atoms with Crippen molar-refractivity contribution < 1.29 is 18.7 Å². The molecule has 2 aromatic rings. The molecule has 0 unspecified atom stereocenters. The molecule has 2 aliphatic heterocycles. The molecule has 1 aliphatic carbocycles. The summed E-state index contributed by atoms with van der Waals surface area (Å²) in [5.41, 5.74) is 1.83. The van der Waals surface area contributed by atoms with E-state index in [-0.39, 0.29) is 17.7 Å². The summed E-state index contributed by atoms with van der Waals surface area (Å²) in [7, 11) is 0. The van der Waals surface area contributed by atoms with E-state index in [1.807, 2.05) is 39.8 Å². The maximum atomic E-state index is 13.5. The number of thioether (sulfide) groups is 1. The van der Waals surface area contributed by atoms with E-state index < -0.39 is 0 Å². The molecular weight excluding hydrogens is 436 g/mol. The number of likely N-dealkylation sites (tertiary alicyclic amines) is 1. The third kappa shape index (κ3) is 5.09. The van der Waals surface area contributed by atoms with Gasteiger partial charge in [0.05, 0.1) is 13.2 Å². The fraction of sp³-hybridized carbons (Fsp3) is 0.615. The second kappa shape index (κ2) is 10.5. The molecule has 0 spiro atoms. The SMILES string of the molecule is O=C(c1oc2ccccc2c1CSC1CCCCC1)N1CCC(C(=O)N2CCOCC2)CC1. The molecule has 33 heavy (non-hydrogen) atoms. The number of nitrogens with zero attached hydrogens (tertiary/aromatic N) is 2. The van der Waals surface area contributed by atoms with Crippen LogP contribution in [0.2, 0.25) is 0 Å². The van der Waals surface area contributed by atoms with Gasteiger partial charge in [0, 0.05) is 54.0 Å². The van der Waals surface area contributed by atoms with Crippen LogP contribution in [0.25, 0.3) is 11.0 Å². The number of carbonyl (C=O) groups is 2. The van der Waals surface area contributed by atoms with Crippen molar-refractivity contribution in [2.45, 2.75) is 55.9 Å². The highest BCUT2D eigenvalue weighted by Crippen LogP contribution is 2.36. The van der Waals surface area contributed by atoms with Crippen LogP contribution in [-0.2, 0) is 15.3 Å². The van der Waals surface area contributed by atoms with Crippen LogP contribution in [0, 0.1) is 5.92 Å². The summed E-state index contributed by atoms with van der Waals surface area (Å²) in [6.45, 7) is 3.81. The number of furan rings is 1. The second-order valence-corrected chi connectivity index (χ2v) is 10.8. The minimum Gasteiger partial charge on any atom is -0.451 e. The number of hydrogen-bond donors (Lipinski definition) is 0. The topological polar surface area (TPSA) is 63.0 Å². The predicted molar refractivity (Wildman–Crippen MR) is 130 cm³/mol. The van der Waals surface area contributed by atoms with Gasteiger partial charge in [0.1, 0.15) is 5.58 Å². The summed E-state index contributed by atoms with van der Waals surface area (Å²) in [4.78, 5) is 30.2. The Morgan fingerprint density at radius 1 is 0.909 bits per heavy atom. The van der Waals surface area contributed by atoms with Crippen molar-refractivity contribution in [1.82, 2.24) is 9.80 Å². The number of amides is 2. The van der Waals surface area contributed by atoms with Gasteiger partial charge >= 0.3 is 0 Å². The molecule has 2 amide bonds. The lowest BCUT2D eigenvalue weighted by atomic mass is 9.94. The summed E-state index contributed by atoms with van der Waals surface area (Å²) >= 11 is 1.98. The zero-order valence-electron chi connectivity index (χ0n) is 19.3. The summed E-state index contributed by atoms with van der Waals surface area (Å²) in [5, 5.41) is 1.74. The van der Waals surface area contributed by atoms with Crippen molar-refractivity contribution in [2.24, 2.45) is 5.92 Å². The van der Waals surface area contributed by atoms with Crippen LogP contribution in [0.4, 0.5) is 0 Å². The highest BCUT2D eigenvalue weighted by molar-refractivity contribution is 7.99. The molecule has 0 N–H and O–H groups in total. The molecule has 0 atom stereocenters. The van der Waals surface area contributed by atoms with Gasteiger partial charge in [-0.2, -0.15) is 11.8 Å². The molecule has 6 nitrogen and oxygen atoms in total. The van der Waals surface area contributed by atoms with Crippen molar-refractivity contribution in [2.75, 3.05) is 39.4 Å². The van der Waals surface area contributed by atoms with Gasteiger partial charge < -0.3 is 19.0 Å². The quantitative estimate of drug-likeness (QED) is 0.633. The van der Waals surface area contributed by atoms with E-state index in [0.29, 0.717) is 63.2 Å². The first-order chi connectivity index (χ1) is 16.2. The van der Waals surface area contributed by atoms with Crippen LogP contribution in [0.5, 0.6) is 0 Å². The van der Waals surface area contributed by atoms with Crippen LogP contribution in [-0.4, -0.2) is 66.3 Å². The molecule has 178 valence electrons. The largest absolute Gasteiger partial charge is 0.451 e. The van der Waals surface area contributed by atoms with Crippen molar-refractivity contribution in [3.8, 4) is 0 Å². The molecule has 1 saturated carbocycles. The summed E-state index contributed by atoms with van der Waals surface area (Å²) in [6, 6.07) is 8.00. The van der Waals surface area contributed by atoms with Gasteiger partial charge in [-0.1, -0.05) is 37.5 Å². The van der Waals surface area contributed by atoms with Crippen molar-refractivity contribution >= 4 is 34.5 Å². The average Bonchev–Trinajstić information content (AvgIpc) is 3.26. The van der Waals surface area contributed by atoms with Crippen LogP contribution in [0.15, 0.2) is 28.7 Å². The van der Waals surface area contributed by atoms with Crippen LogP contribution >= 0.6 is 11.8 Å². The number of morpholine rings is 1. The number of para-hydroxylation sites is 1. The van der Waals surface area contributed by atoms with Gasteiger partial charge in [0.2, 0.25) is 5.91 Å². The Balaban J connectivity index is 1.26. The first-order valence-corrected chi connectivity index (χ1v) is 13.5. The summed E-state index contributed by atoms with van der Waals surface area (Å²) in [6.07, 6.45) is 7.95. The predicted octanol–water partition coefficient (Wildman–Crippen LogP) is 4.71. The van der Waals surface area contributed by atoms with E-state index >= 15 is 0 Å². The van der Waals surface area contributed by atoms with E-state index in [9.17, 15) is 9.59 Å². The Morgan fingerprint density at radius 2 is 1.64 bits per heavy atom. The monoisotopic (exact) mass is 470 g/mol. The number of ether oxygens (including phenoxy) is 1. The highest BCUT2D eigenvalue weighted by Gasteiger charge is 2.33. The van der Waals surface area contributed by atoms with Gasteiger partial charge in [0.15, 0.2) is 5.76 Å². The Bertz CT molecular complexity index is 970. The third-order valence-corrected chi connectivity index (χ3v) is 8.76. The van der Waals surface area contributed by atoms with Crippen molar-refractivity contribution in [3.63, 3.8) is 0 Å². The molecule has 5 rings (SSSR count). The minimum atomic E-state index is -0.0253. The molecule has 7 heteroatoms. The van der Waals surface area contributed by atoms with Gasteiger partial charge in [-0.05, 0) is 31.7 Å². The number of piperidine rings is 1. The first-order valence-electron chi connectivity index (χ1n) is 12.5. The maximum absolute atomic E-state index is 13.5. The maximum Gasteiger partial charge on any atom is 0.289 e.